The van der Waals surface area contributed by atoms with Crippen molar-refractivity contribution in [2.75, 3.05) is 11.9 Å². The summed E-state index contributed by atoms with van der Waals surface area (Å²) in [4.78, 5) is 6.56. The van der Waals surface area contributed by atoms with Crippen molar-refractivity contribution >= 4 is 28.6 Å². The first-order valence-electron chi connectivity index (χ1n) is 6.14. The molecule has 0 saturated carbocycles. The predicted molar refractivity (Wildman–Crippen MR) is 83.0 cm³/mol. The molecule has 1 aromatic carbocycles. The number of rotatable bonds is 4. The molecule has 1 atom stereocenters. The average molecular weight is 296 g/mol. The van der Waals surface area contributed by atoms with Crippen LogP contribution in [0.25, 0.3) is 0 Å². The van der Waals surface area contributed by atoms with Gasteiger partial charge in [-0.3, -0.25) is 0 Å². The van der Waals surface area contributed by atoms with Gasteiger partial charge in [0.15, 0.2) is 0 Å². The molecule has 0 spiro atoms. The smallest absolute Gasteiger partial charge is 0.0898 e. The van der Waals surface area contributed by atoms with Gasteiger partial charge in [0.05, 0.1) is 28.0 Å². The van der Waals surface area contributed by atoms with Gasteiger partial charge in [-0.1, -0.05) is 17.7 Å². The molecule has 0 aliphatic carbocycles. The van der Waals surface area contributed by atoms with Crippen molar-refractivity contribution in [2.45, 2.75) is 26.4 Å². The van der Waals surface area contributed by atoms with Crippen LogP contribution in [0.5, 0.6) is 0 Å². The Bertz CT molecular complexity index is 566. The molecule has 1 heterocycles. The molecule has 3 nitrogen and oxygen atoms in total. The van der Waals surface area contributed by atoms with E-state index in [-0.39, 0.29) is 6.04 Å². The lowest BCUT2D eigenvalue weighted by Crippen LogP contribution is -2.17. The maximum Gasteiger partial charge on any atom is 0.0898 e. The van der Waals surface area contributed by atoms with E-state index in [1.165, 1.54) is 0 Å². The number of halogens is 1. The van der Waals surface area contributed by atoms with Crippen LogP contribution in [0.3, 0.4) is 0 Å². The first kappa shape index (κ1) is 14.3. The van der Waals surface area contributed by atoms with Crippen molar-refractivity contribution < 1.29 is 0 Å². The predicted octanol–water partition coefficient (Wildman–Crippen LogP) is 3.76. The molecule has 2 aromatic rings. The minimum absolute atomic E-state index is 0.00181. The second-order valence-electron chi connectivity index (χ2n) is 4.71. The standard InChI is InChI=1S/C14H18ClN3S/c1-9(16)11-4-5-14(13(15)6-11)18(3)7-12-8-19-10(2)17-12/h4-6,8-9H,7,16H2,1-3H3. The fraction of sp³-hybridized carbons (Fsp3) is 0.357. The van der Waals surface area contributed by atoms with Gasteiger partial charge < -0.3 is 10.6 Å². The van der Waals surface area contributed by atoms with Crippen molar-refractivity contribution in [3.8, 4) is 0 Å². The highest BCUT2D eigenvalue weighted by Gasteiger charge is 2.10. The van der Waals surface area contributed by atoms with Gasteiger partial charge in [0.1, 0.15) is 0 Å². The van der Waals surface area contributed by atoms with Crippen LogP contribution in [0.4, 0.5) is 5.69 Å². The first-order valence-corrected chi connectivity index (χ1v) is 7.40. The molecule has 102 valence electrons. The Morgan fingerprint density at radius 1 is 1.47 bits per heavy atom. The maximum absolute atomic E-state index is 6.32. The van der Waals surface area contributed by atoms with Crippen molar-refractivity contribution in [3.05, 3.63) is 44.9 Å². The number of thiazole rings is 1. The number of benzene rings is 1. The molecule has 1 unspecified atom stereocenters. The molecule has 2 rings (SSSR count). The summed E-state index contributed by atoms with van der Waals surface area (Å²) in [5, 5.41) is 3.89. The summed E-state index contributed by atoms with van der Waals surface area (Å²) >= 11 is 7.99. The second kappa shape index (κ2) is 5.90. The van der Waals surface area contributed by atoms with E-state index in [9.17, 15) is 0 Å². The van der Waals surface area contributed by atoms with E-state index in [1.807, 2.05) is 39.1 Å². The van der Waals surface area contributed by atoms with Crippen LogP contribution in [0.15, 0.2) is 23.6 Å². The molecule has 0 fully saturated rings. The molecule has 2 N–H and O–H groups in total. The van der Waals surface area contributed by atoms with Crippen LogP contribution in [0, 0.1) is 6.92 Å². The Morgan fingerprint density at radius 3 is 2.74 bits per heavy atom. The summed E-state index contributed by atoms with van der Waals surface area (Å²) in [5.41, 5.74) is 8.97. The van der Waals surface area contributed by atoms with Crippen LogP contribution >= 0.6 is 22.9 Å². The third-order valence-electron chi connectivity index (χ3n) is 2.97. The summed E-state index contributed by atoms with van der Waals surface area (Å²) in [6, 6.07) is 5.97. The number of aromatic nitrogens is 1. The van der Waals surface area contributed by atoms with Crippen LogP contribution < -0.4 is 10.6 Å². The largest absolute Gasteiger partial charge is 0.367 e. The van der Waals surface area contributed by atoms with Gasteiger partial charge in [-0.2, -0.15) is 0 Å². The van der Waals surface area contributed by atoms with Gasteiger partial charge in [-0.25, -0.2) is 4.98 Å². The van der Waals surface area contributed by atoms with Gasteiger partial charge >= 0.3 is 0 Å². The van der Waals surface area contributed by atoms with Crippen LogP contribution in [-0.2, 0) is 6.54 Å². The molecule has 0 radical (unpaired) electrons. The molecular formula is C14H18ClN3S. The monoisotopic (exact) mass is 295 g/mol. The molecule has 0 saturated heterocycles. The average Bonchev–Trinajstić information content (AvgIpc) is 2.74. The molecule has 19 heavy (non-hydrogen) atoms. The quantitative estimate of drug-likeness (QED) is 0.934. The number of nitrogens with zero attached hydrogens (tertiary/aromatic N) is 2. The van der Waals surface area contributed by atoms with Crippen molar-refractivity contribution in [2.24, 2.45) is 5.73 Å². The Labute approximate surface area is 123 Å². The van der Waals surface area contributed by atoms with E-state index >= 15 is 0 Å². The zero-order chi connectivity index (χ0) is 14.0. The van der Waals surface area contributed by atoms with E-state index in [2.05, 4.69) is 15.3 Å². The Morgan fingerprint density at radius 2 is 2.21 bits per heavy atom. The molecular weight excluding hydrogens is 278 g/mol. The third kappa shape index (κ3) is 3.47. The summed E-state index contributed by atoms with van der Waals surface area (Å²) < 4.78 is 0. The SMILES string of the molecule is Cc1nc(CN(C)c2ccc(C(C)N)cc2Cl)cs1. The zero-order valence-corrected chi connectivity index (χ0v) is 12.9. The van der Waals surface area contributed by atoms with E-state index in [0.29, 0.717) is 0 Å². The van der Waals surface area contributed by atoms with E-state index < -0.39 is 0 Å². The van der Waals surface area contributed by atoms with Gasteiger partial charge in [-0.15, -0.1) is 11.3 Å². The fourth-order valence-corrected chi connectivity index (χ4v) is 2.86. The fourth-order valence-electron chi connectivity index (χ4n) is 1.92. The molecule has 0 aliphatic rings. The number of hydrogen-bond acceptors (Lipinski definition) is 4. The molecule has 0 amide bonds. The van der Waals surface area contributed by atoms with Gasteiger partial charge in [0, 0.05) is 18.5 Å². The maximum atomic E-state index is 6.32. The van der Waals surface area contributed by atoms with Crippen molar-refractivity contribution in [3.63, 3.8) is 0 Å². The van der Waals surface area contributed by atoms with Crippen molar-refractivity contribution in [1.82, 2.24) is 4.98 Å². The van der Waals surface area contributed by atoms with Gasteiger partial charge in [0.25, 0.3) is 0 Å². The lowest BCUT2D eigenvalue weighted by molar-refractivity contribution is 0.816. The summed E-state index contributed by atoms with van der Waals surface area (Å²) in [6.45, 7) is 4.72. The second-order valence-corrected chi connectivity index (χ2v) is 6.18. The third-order valence-corrected chi connectivity index (χ3v) is 4.10. The highest BCUT2D eigenvalue weighted by molar-refractivity contribution is 7.09. The number of anilines is 1. The first-order chi connectivity index (χ1) is 8.97. The Hall–Kier alpha value is -1.10. The number of nitrogens with two attached hydrogens (primary N) is 1. The lowest BCUT2D eigenvalue weighted by Gasteiger charge is -2.20. The topological polar surface area (TPSA) is 42.2 Å². The molecule has 5 heteroatoms. The number of hydrogen-bond donors (Lipinski definition) is 1. The summed E-state index contributed by atoms with van der Waals surface area (Å²) in [6.07, 6.45) is 0. The molecule has 1 aromatic heterocycles. The molecule has 0 bridgehead atoms. The van der Waals surface area contributed by atoms with E-state index in [1.54, 1.807) is 11.3 Å². The molecule has 0 aliphatic heterocycles. The zero-order valence-electron chi connectivity index (χ0n) is 11.4. The van der Waals surface area contributed by atoms with Crippen molar-refractivity contribution in [1.29, 1.82) is 0 Å². The minimum atomic E-state index is -0.00181. The highest BCUT2D eigenvalue weighted by atomic mass is 35.5. The highest BCUT2D eigenvalue weighted by Crippen LogP contribution is 2.28. The van der Waals surface area contributed by atoms with Gasteiger partial charge in [0.2, 0.25) is 0 Å². The summed E-state index contributed by atoms with van der Waals surface area (Å²) in [7, 11) is 2.02. The lowest BCUT2D eigenvalue weighted by atomic mass is 10.1. The van der Waals surface area contributed by atoms with Crippen LogP contribution in [0.2, 0.25) is 5.02 Å². The Balaban J connectivity index is 2.17. The minimum Gasteiger partial charge on any atom is -0.367 e. The van der Waals surface area contributed by atoms with Crippen LogP contribution in [0.1, 0.15) is 29.2 Å². The normalized spacial score (nSPS) is 12.5. The number of aryl methyl sites for hydroxylation is 1. The Kier molecular flexibility index (Phi) is 4.45. The van der Waals surface area contributed by atoms with E-state index in [0.717, 1.165) is 33.5 Å². The van der Waals surface area contributed by atoms with E-state index in [4.69, 9.17) is 17.3 Å². The van der Waals surface area contributed by atoms with Gasteiger partial charge in [-0.05, 0) is 31.5 Å². The van der Waals surface area contributed by atoms with Crippen LogP contribution in [-0.4, -0.2) is 12.0 Å². The summed E-state index contributed by atoms with van der Waals surface area (Å²) in [5.74, 6) is 0.